The molecule has 0 saturated carbocycles. The van der Waals surface area contributed by atoms with Crippen LogP contribution in [-0.2, 0) is 11.3 Å². The van der Waals surface area contributed by atoms with Crippen LogP contribution in [0.25, 0.3) is 10.9 Å². The van der Waals surface area contributed by atoms with Crippen molar-refractivity contribution in [3.05, 3.63) is 42.1 Å². The minimum Gasteiger partial charge on any atom is -0.343 e. The van der Waals surface area contributed by atoms with Gasteiger partial charge in [-0.15, -0.1) is 0 Å². The zero-order valence-electron chi connectivity index (χ0n) is 15.6. The molecule has 0 unspecified atom stereocenters. The Hall–Kier alpha value is -1.94. The van der Waals surface area contributed by atoms with Crippen LogP contribution in [0, 0.1) is 5.92 Å². The summed E-state index contributed by atoms with van der Waals surface area (Å²) < 4.78 is 0. The first kappa shape index (κ1) is 17.5. The van der Waals surface area contributed by atoms with Crippen LogP contribution in [0.1, 0.15) is 44.1 Å². The fourth-order valence-electron chi connectivity index (χ4n) is 4.43. The molecule has 2 fully saturated rings. The van der Waals surface area contributed by atoms with Crippen molar-refractivity contribution in [1.29, 1.82) is 0 Å². The summed E-state index contributed by atoms with van der Waals surface area (Å²) in [6.45, 7) is 5.25. The molecule has 4 rings (SSSR count). The van der Waals surface area contributed by atoms with Gasteiger partial charge in [-0.05, 0) is 68.8 Å². The average Bonchev–Trinajstić information content (AvgIpc) is 3.22. The normalized spacial score (nSPS) is 19.3. The molecular weight excluding hydrogens is 322 g/mol. The highest BCUT2D eigenvalue weighted by Crippen LogP contribution is 2.25. The smallest absolute Gasteiger partial charge is 0.222 e. The van der Waals surface area contributed by atoms with Gasteiger partial charge in [-0.25, -0.2) is 0 Å². The van der Waals surface area contributed by atoms with Crippen molar-refractivity contribution in [2.75, 3.05) is 26.2 Å². The Morgan fingerprint density at radius 2 is 1.85 bits per heavy atom. The molecule has 2 aromatic rings. The topological polar surface area (TPSA) is 36.4 Å². The standard InChI is InChI=1S/C22H29N3O/c26-22(25-13-1-2-14-25)9-8-18-10-15-24(16-11-18)17-19-5-3-7-21-20(19)6-4-12-23-21/h3-7,12,18H,1-2,8-11,13-17H2. The van der Waals surface area contributed by atoms with E-state index in [0.29, 0.717) is 11.8 Å². The Morgan fingerprint density at radius 1 is 1.04 bits per heavy atom. The molecule has 0 aliphatic carbocycles. The van der Waals surface area contributed by atoms with E-state index in [1.54, 1.807) is 0 Å². The second kappa shape index (κ2) is 8.17. The number of likely N-dealkylation sites (tertiary alicyclic amines) is 2. The Kier molecular flexibility index (Phi) is 5.49. The molecule has 2 aliphatic heterocycles. The Bertz CT molecular complexity index is 741. The van der Waals surface area contributed by atoms with Crippen molar-refractivity contribution in [1.82, 2.24) is 14.8 Å². The van der Waals surface area contributed by atoms with Gasteiger partial charge < -0.3 is 4.90 Å². The number of aromatic nitrogens is 1. The highest BCUT2D eigenvalue weighted by atomic mass is 16.2. The number of pyridine rings is 1. The first-order valence-electron chi connectivity index (χ1n) is 10.1. The lowest BCUT2D eigenvalue weighted by Crippen LogP contribution is -2.34. The highest BCUT2D eigenvalue weighted by Gasteiger charge is 2.23. The minimum absolute atomic E-state index is 0.383. The van der Waals surface area contributed by atoms with Crippen LogP contribution in [0.2, 0.25) is 0 Å². The maximum atomic E-state index is 12.2. The molecule has 2 aliphatic rings. The van der Waals surface area contributed by atoms with Crippen LogP contribution in [0.3, 0.4) is 0 Å². The monoisotopic (exact) mass is 351 g/mol. The van der Waals surface area contributed by atoms with Crippen LogP contribution < -0.4 is 0 Å². The third kappa shape index (κ3) is 4.07. The van der Waals surface area contributed by atoms with E-state index in [-0.39, 0.29) is 0 Å². The van der Waals surface area contributed by atoms with Crippen molar-refractivity contribution in [3.8, 4) is 0 Å². The van der Waals surface area contributed by atoms with E-state index in [0.717, 1.165) is 51.1 Å². The van der Waals surface area contributed by atoms with Gasteiger partial charge in [0, 0.05) is 37.6 Å². The van der Waals surface area contributed by atoms with Gasteiger partial charge in [0.15, 0.2) is 0 Å². The number of benzene rings is 1. The molecule has 0 bridgehead atoms. The lowest BCUT2D eigenvalue weighted by atomic mass is 9.91. The number of piperidine rings is 1. The Labute approximate surface area is 156 Å². The number of amides is 1. The number of nitrogens with zero attached hydrogens (tertiary/aromatic N) is 3. The molecular formula is C22H29N3O. The second-order valence-electron chi connectivity index (χ2n) is 7.83. The summed E-state index contributed by atoms with van der Waals surface area (Å²) in [6, 6.07) is 10.6. The third-order valence-electron chi connectivity index (χ3n) is 6.06. The van der Waals surface area contributed by atoms with Crippen molar-refractivity contribution in [3.63, 3.8) is 0 Å². The number of carbonyl (C=O) groups is 1. The van der Waals surface area contributed by atoms with Gasteiger partial charge >= 0.3 is 0 Å². The van der Waals surface area contributed by atoms with E-state index in [2.05, 4.69) is 39.0 Å². The summed E-state index contributed by atoms with van der Waals surface area (Å²) in [5.41, 5.74) is 2.46. The molecule has 2 saturated heterocycles. The van der Waals surface area contributed by atoms with Crippen LogP contribution in [0.5, 0.6) is 0 Å². The first-order chi connectivity index (χ1) is 12.8. The van der Waals surface area contributed by atoms with E-state index in [4.69, 9.17) is 0 Å². The number of hydrogen-bond acceptors (Lipinski definition) is 3. The fraction of sp³-hybridized carbons (Fsp3) is 0.545. The van der Waals surface area contributed by atoms with Crippen LogP contribution in [0.15, 0.2) is 36.5 Å². The summed E-state index contributed by atoms with van der Waals surface area (Å²) in [5, 5.41) is 1.27. The summed E-state index contributed by atoms with van der Waals surface area (Å²) in [5.74, 6) is 1.10. The highest BCUT2D eigenvalue weighted by molar-refractivity contribution is 5.81. The summed E-state index contributed by atoms with van der Waals surface area (Å²) in [6.07, 6.45) is 8.50. The van der Waals surface area contributed by atoms with E-state index in [1.807, 2.05) is 12.3 Å². The van der Waals surface area contributed by atoms with E-state index in [9.17, 15) is 4.79 Å². The molecule has 1 aromatic carbocycles. The van der Waals surface area contributed by atoms with Crippen molar-refractivity contribution in [2.24, 2.45) is 5.92 Å². The molecule has 4 heteroatoms. The Balaban J connectivity index is 1.26. The zero-order chi connectivity index (χ0) is 17.8. The molecule has 3 heterocycles. The summed E-state index contributed by atoms with van der Waals surface area (Å²) >= 11 is 0. The molecule has 138 valence electrons. The van der Waals surface area contributed by atoms with Crippen LogP contribution >= 0.6 is 0 Å². The third-order valence-corrected chi connectivity index (χ3v) is 6.06. The van der Waals surface area contributed by atoms with Gasteiger partial charge in [0.25, 0.3) is 0 Å². The maximum Gasteiger partial charge on any atom is 0.222 e. The molecule has 4 nitrogen and oxygen atoms in total. The molecule has 0 radical (unpaired) electrons. The fourth-order valence-corrected chi connectivity index (χ4v) is 4.43. The van der Waals surface area contributed by atoms with E-state index in [1.165, 1.54) is 36.6 Å². The largest absolute Gasteiger partial charge is 0.343 e. The van der Waals surface area contributed by atoms with Crippen molar-refractivity contribution in [2.45, 2.75) is 45.1 Å². The van der Waals surface area contributed by atoms with Crippen LogP contribution in [0.4, 0.5) is 0 Å². The van der Waals surface area contributed by atoms with Crippen molar-refractivity contribution < 1.29 is 4.79 Å². The van der Waals surface area contributed by atoms with Gasteiger partial charge in [-0.3, -0.25) is 14.7 Å². The average molecular weight is 351 g/mol. The second-order valence-corrected chi connectivity index (χ2v) is 7.83. The number of rotatable bonds is 5. The summed E-state index contributed by atoms with van der Waals surface area (Å²) in [4.78, 5) is 21.3. The van der Waals surface area contributed by atoms with Gasteiger partial charge in [0.2, 0.25) is 5.91 Å². The quantitative estimate of drug-likeness (QED) is 0.821. The maximum absolute atomic E-state index is 12.2. The molecule has 0 N–H and O–H groups in total. The minimum atomic E-state index is 0.383. The van der Waals surface area contributed by atoms with Gasteiger partial charge in [-0.2, -0.15) is 0 Å². The first-order valence-corrected chi connectivity index (χ1v) is 10.1. The lowest BCUT2D eigenvalue weighted by molar-refractivity contribution is -0.130. The molecule has 1 amide bonds. The molecule has 0 spiro atoms. The predicted molar refractivity (Wildman–Crippen MR) is 105 cm³/mol. The SMILES string of the molecule is O=C(CCC1CCN(Cc2cccc3ncccc23)CC1)N1CCCC1. The Morgan fingerprint density at radius 3 is 2.65 bits per heavy atom. The predicted octanol–water partition coefficient (Wildman–Crippen LogP) is 3.85. The van der Waals surface area contributed by atoms with Gasteiger partial charge in [0.05, 0.1) is 5.52 Å². The lowest BCUT2D eigenvalue weighted by Gasteiger charge is -2.32. The van der Waals surface area contributed by atoms with Gasteiger partial charge in [-0.1, -0.05) is 18.2 Å². The van der Waals surface area contributed by atoms with E-state index < -0.39 is 0 Å². The zero-order valence-corrected chi connectivity index (χ0v) is 15.6. The molecule has 26 heavy (non-hydrogen) atoms. The van der Waals surface area contributed by atoms with Gasteiger partial charge in [0.1, 0.15) is 0 Å². The molecule has 1 aromatic heterocycles. The van der Waals surface area contributed by atoms with Crippen LogP contribution in [-0.4, -0.2) is 46.9 Å². The van der Waals surface area contributed by atoms with E-state index >= 15 is 0 Å². The van der Waals surface area contributed by atoms with Crippen molar-refractivity contribution >= 4 is 16.8 Å². The number of carbonyl (C=O) groups excluding carboxylic acids is 1. The summed E-state index contributed by atoms with van der Waals surface area (Å²) in [7, 11) is 0. The number of hydrogen-bond donors (Lipinski definition) is 0. The molecule has 0 atom stereocenters. The number of fused-ring (bicyclic) bond motifs is 1.